The fourth-order valence-corrected chi connectivity index (χ4v) is 6.85. The Bertz CT molecular complexity index is 2110. The van der Waals surface area contributed by atoms with Gasteiger partial charge in [-0.15, -0.1) is 11.3 Å². The predicted octanol–water partition coefficient (Wildman–Crippen LogP) is 4.50. The van der Waals surface area contributed by atoms with Crippen molar-refractivity contribution in [1.29, 1.82) is 0 Å². The number of hydrogen-bond acceptors (Lipinski definition) is 10. The maximum atomic E-state index is 14.8. The molecule has 0 fully saturated rings. The standard InChI is InChI=1S/C33H30F2N8O3S/c34-21-6-8-25(26(35)14-21)33(45,18-41-20-38-19-39-41)10-11-37-17-24-16-28-31(47-24)40-30(36)32(44)43(28)23-7-9-29-27(15-23)42(12-13-46-29)22-4-2-1-3-5-22/h1-9,14-16,19-20,37,45H,10-13,17-18H2,(H2,36,40). The minimum atomic E-state index is -1.70. The van der Waals surface area contributed by atoms with Crippen molar-refractivity contribution in [3.05, 3.63) is 118 Å². The molecular weight excluding hydrogens is 626 g/mol. The highest BCUT2D eigenvalue weighted by Gasteiger charge is 2.33. The van der Waals surface area contributed by atoms with Gasteiger partial charge in [0, 0.05) is 28.7 Å². The van der Waals surface area contributed by atoms with Gasteiger partial charge in [-0.1, -0.05) is 24.3 Å². The molecule has 0 amide bonds. The number of nitrogen functional groups attached to an aromatic ring is 1. The number of ether oxygens (including phenoxy) is 1. The molecule has 3 aromatic carbocycles. The molecule has 0 aliphatic carbocycles. The van der Waals surface area contributed by atoms with Gasteiger partial charge in [0.25, 0.3) is 5.56 Å². The van der Waals surface area contributed by atoms with Crippen LogP contribution < -0.4 is 26.2 Å². The van der Waals surface area contributed by atoms with E-state index in [1.54, 1.807) is 4.57 Å². The number of thiophene rings is 1. The van der Waals surface area contributed by atoms with Gasteiger partial charge in [0.1, 0.15) is 47.1 Å². The van der Waals surface area contributed by atoms with Crippen molar-refractivity contribution in [1.82, 2.24) is 29.6 Å². The number of aromatic nitrogens is 5. The Labute approximate surface area is 271 Å². The van der Waals surface area contributed by atoms with Crippen LogP contribution in [0.15, 0.2) is 90.2 Å². The fraction of sp³-hybridized carbons (Fsp3) is 0.212. The lowest BCUT2D eigenvalue weighted by atomic mass is 9.89. The van der Waals surface area contributed by atoms with Gasteiger partial charge < -0.3 is 25.8 Å². The zero-order chi connectivity index (χ0) is 32.5. The number of benzene rings is 3. The van der Waals surface area contributed by atoms with E-state index in [1.807, 2.05) is 54.6 Å². The summed E-state index contributed by atoms with van der Waals surface area (Å²) >= 11 is 1.38. The van der Waals surface area contributed by atoms with E-state index in [1.165, 1.54) is 34.7 Å². The number of hydrogen-bond donors (Lipinski definition) is 3. The summed E-state index contributed by atoms with van der Waals surface area (Å²) in [4.78, 5) is 25.3. The van der Waals surface area contributed by atoms with Crippen molar-refractivity contribution in [3.8, 4) is 11.4 Å². The molecule has 7 rings (SSSR count). The second-order valence-corrected chi connectivity index (χ2v) is 12.3. The van der Waals surface area contributed by atoms with Crippen LogP contribution in [0.2, 0.25) is 0 Å². The lowest BCUT2D eigenvalue weighted by Crippen LogP contribution is -2.36. The van der Waals surface area contributed by atoms with Crippen LogP contribution in [0.5, 0.6) is 5.75 Å². The number of anilines is 3. The number of aliphatic hydroxyl groups is 1. The number of nitrogens with one attached hydrogen (secondary N) is 1. The Morgan fingerprint density at radius 1 is 1.06 bits per heavy atom. The minimum absolute atomic E-state index is 0.0389. The Morgan fingerprint density at radius 2 is 1.91 bits per heavy atom. The first kappa shape index (κ1) is 30.5. The van der Waals surface area contributed by atoms with Crippen molar-refractivity contribution in [2.75, 3.05) is 30.3 Å². The molecule has 0 saturated carbocycles. The molecule has 4 heterocycles. The molecule has 1 atom stereocenters. The van der Waals surface area contributed by atoms with E-state index in [2.05, 4.69) is 25.3 Å². The summed E-state index contributed by atoms with van der Waals surface area (Å²) in [5, 5.41) is 18.9. The van der Waals surface area contributed by atoms with Crippen molar-refractivity contribution in [2.45, 2.75) is 25.1 Å². The molecule has 240 valence electrons. The molecule has 11 nitrogen and oxygen atoms in total. The van der Waals surface area contributed by atoms with E-state index >= 15 is 0 Å². The van der Waals surface area contributed by atoms with Crippen molar-refractivity contribution in [3.63, 3.8) is 0 Å². The molecule has 0 spiro atoms. The Kier molecular flexibility index (Phi) is 8.14. The van der Waals surface area contributed by atoms with E-state index in [9.17, 15) is 18.7 Å². The second-order valence-electron chi connectivity index (χ2n) is 11.2. The van der Waals surface area contributed by atoms with E-state index in [4.69, 9.17) is 10.5 Å². The molecular formula is C33H30F2N8O3S. The van der Waals surface area contributed by atoms with Gasteiger partial charge in [0.05, 0.1) is 30.0 Å². The summed E-state index contributed by atoms with van der Waals surface area (Å²) in [5.74, 6) is -0.983. The molecule has 3 aromatic heterocycles. The Balaban J connectivity index is 1.14. The third-order valence-electron chi connectivity index (χ3n) is 8.10. The van der Waals surface area contributed by atoms with Crippen molar-refractivity contribution in [2.24, 2.45) is 0 Å². The smallest absolute Gasteiger partial charge is 0.298 e. The largest absolute Gasteiger partial charge is 0.490 e. The zero-order valence-corrected chi connectivity index (χ0v) is 25.8. The summed E-state index contributed by atoms with van der Waals surface area (Å²) < 4.78 is 37.3. The first-order chi connectivity index (χ1) is 22.8. The number of rotatable bonds is 10. The topological polar surface area (TPSA) is 136 Å². The maximum absolute atomic E-state index is 14.8. The SMILES string of the molecule is Nc1nc2sc(CNCCC(O)(Cn3cncn3)c3ccc(F)cc3F)cc2n(-c2ccc3c(c2)N(c2ccccc2)CCO3)c1=O. The molecule has 14 heteroatoms. The van der Waals surface area contributed by atoms with E-state index in [0.29, 0.717) is 35.7 Å². The summed E-state index contributed by atoms with van der Waals surface area (Å²) in [7, 11) is 0. The van der Waals surface area contributed by atoms with E-state index in [0.717, 1.165) is 34.1 Å². The summed E-state index contributed by atoms with van der Waals surface area (Å²) in [6, 6.07) is 20.6. The number of halogens is 2. The van der Waals surface area contributed by atoms with Crippen LogP contribution in [0, 0.1) is 11.6 Å². The number of fused-ring (bicyclic) bond motifs is 2. The van der Waals surface area contributed by atoms with Gasteiger partial charge in [-0.3, -0.25) is 9.36 Å². The number of nitrogens with two attached hydrogens (primary N) is 1. The average molecular weight is 657 g/mol. The average Bonchev–Trinajstić information content (AvgIpc) is 3.73. The molecule has 0 bridgehead atoms. The minimum Gasteiger partial charge on any atom is -0.490 e. The molecule has 0 saturated heterocycles. The van der Waals surface area contributed by atoms with Gasteiger partial charge in [-0.2, -0.15) is 5.10 Å². The third kappa shape index (κ3) is 6.05. The Hall–Kier alpha value is -5.18. The maximum Gasteiger partial charge on any atom is 0.298 e. The molecule has 1 aliphatic heterocycles. The number of para-hydroxylation sites is 1. The van der Waals surface area contributed by atoms with Gasteiger partial charge in [-0.05, 0) is 55.4 Å². The summed E-state index contributed by atoms with van der Waals surface area (Å²) in [5.41, 5.74) is 7.02. The van der Waals surface area contributed by atoms with Gasteiger partial charge in [0.15, 0.2) is 5.82 Å². The molecule has 0 radical (unpaired) electrons. The zero-order valence-electron chi connectivity index (χ0n) is 25.0. The lowest BCUT2D eigenvalue weighted by molar-refractivity contribution is 0.00328. The molecule has 4 N–H and O–H groups in total. The first-order valence-corrected chi connectivity index (χ1v) is 15.7. The molecule has 1 aliphatic rings. The highest BCUT2D eigenvalue weighted by Crippen LogP contribution is 2.38. The fourth-order valence-electron chi connectivity index (χ4n) is 5.86. The predicted molar refractivity (Wildman–Crippen MR) is 175 cm³/mol. The monoisotopic (exact) mass is 656 g/mol. The van der Waals surface area contributed by atoms with Crippen LogP contribution in [0.4, 0.5) is 26.0 Å². The highest BCUT2D eigenvalue weighted by atomic mass is 32.1. The molecule has 47 heavy (non-hydrogen) atoms. The third-order valence-corrected chi connectivity index (χ3v) is 9.12. The van der Waals surface area contributed by atoms with E-state index < -0.39 is 22.8 Å². The summed E-state index contributed by atoms with van der Waals surface area (Å²) in [6.07, 6.45) is 2.83. The second kappa shape index (κ2) is 12.5. The lowest BCUT2D eigenvalue weighted by Gasteiger charge is -2.31. The van der Waals surface area contributed by atoms with Crippen LogP contribution in [-0.2, 0) is 18.7 Å². The molecule has 1 unspecified atom stereocenters. The normalized spacial score (nSPS) is 14.1. The van der Waals surface area contributed by atoms with Crippen LogP contribution in [0.3, 0.4) is 0 Å². The highest BCUT2D eigenvalue weighted by molar-refractivity contribution is 7.18. The van der Waals surface area contributed by atoms with Gasteiger partial charge in [0.2, 0.25) is 0 Å². The van der Waals surface area contributed by atoms with Crippen LogP contribution in [-0.4, -0.2) is 49.1 Å². The van der Waals surface area contributed by atoms with Crippen LogP contribution >= 0.6 is 11.3 Å². The summed E-state index contributed by atoms with van der Waals surface area (Å²) in [6.45, 7) is 1.76. The van der Waals surface area contributed by atoms with Crippen molar-refractivity contribution >= 4 is 38.9 Å². The van der Waals surface area contributed by atoms with Crippen LogP contribution in [0.1, 0.15) is 16.9 Å². The first-order valence-electron chi connectivity index (χ1n) is 14.9. The van der Waals surface area contributed by atoms with Gasteiger partial charge >= 0.3 is 0 Å². The molecule has 6 aromatic rings. The van der Waals surface area contributed by atoms with Crippen LogP contribution in [0.25, 0.3) is 16.0 Å². The van der Waals surface area contributed by atoms with Crippen molar-refractivity contribution < 1.29 is 18.6 Å². The quantitative estimate of drug-likeness (QED) is 0.182. The number of nitrogens with zero attached hydrogens (tertiary/aromatic N) is 6. The Morgan fingerprint density at radius 3 is 2.70 bits per heavy atom. The van der Waals surface area contributed by atoms with E-state index in [-0.39, 0.29) is 30.9 Å². The van der Waals surface area contributed by atoms with Gasteiger partial charge in [-0.25, -0.2) is 23.4 Å².